The fraction of sp³-hybridized carbons (Fsp3) is 0.800. The van der Waals surface area contributed by atoms with Crippen molar-refractivity contribution in [3.8, 4) is 0 Å². The van der Waals surface area contributed by atoms with Gasteiger partial charge in [0.1, 0.15) is 12.9 Å². The molecule has 2 aliphatic carbocycles. The molecular formula is C20H28O4. The molecule has 132 valence electrons. The molecule has 0 aromatic heterocycles. The minimum Gasteiger partial charge on any atom is -0.458 e. The fourth-order valence-corrected chi connectivity index (χ4v) is 6.55. The Labute approximate surface area is 144 Å². The number of carbonyl (C=O) groups excluding carboxylic acids is 2. The van der Waals surface area contributed by atoms with Crippen LogP contribution in [0.15, 0.2) is 11.6 Å². The average molecular weight is 332 g/mol. The van der Waals surface area contributed by atoms with Crippen LogP contribution in [0.25, 0.3) is 0 Å². The second-order valence-electron chi connectivity index (χ2n) is 9.04. The highest BCUT2D eigenvalue weighted by Gasteiger charge is 2.63. The van der Waals surface area contributed by atoms with Gasteiger partial charge in [0.15, 0.2) is 0 Å². The van der Waals surface area contributed by atoms with E-state index in [0.717, 1.165) is 38.5 Å². The molecular weight excluding hydrogens is 304 g/mol. The monoisotopic (exact) mass is 332 g/mol. The molecule has 2 aliphatic heterocycles. The maximum Gasteiger partial charge on any atom is 0.336 e. The summed E-state index contributed by atoms with van der Waals surface area (Å²) in [5, 5.41) is 0. The predicted molar refractivity (Wildman–Crippen MR) is 89.3 cm³/mol. The van der Waals surface area contributed by atoms with Crippen LogP contribution in [0, 0.1) is 22.7 Å². The Morgan fingerprint density at radius 1 is 1.17 bits per heavy atom. The molecule has 0 spiro atoms. The Hall–Kier alpha value is -1.16. The molecule has 24 heavy (non-hydrogen) atoms. The van der Waals surface area contributed by atoms with Crippen molar-refractivity contribution in [1.29, 1.82) is 0 Å². The van der Waals surface area contributed by atoms with Crippen LogP contribution in [-0.4, -0.2) is 30.6 Å². The first-order chi connectivity index (χ1) is 11.3. The minimum absolute atomic E-state index is 0.110. The molecule has 0 bridgehead atoms. The van der Waals surface area contributed by atoms with E-state index in [4.69, 9.17) is 9.47 Å². The molecule has 4 rings (SSSR count). The Morgan fingerprint density at radius 2 is 1.96 bits per heavy atom. The largest absolute Gasteiger partial charge is 0.458 e. The summed E-state index contributed by atoms with van der Waals surface area (Å²) in [6, 6.07) is 0. The van der Waals surface area contributed by atoms with Gasteiger partial charge in [-0.2, -0.15) is 0 Å². The number of carbonyl (C=O) groups is 2. The Bertz CT molecular complexity index is 611. The van der Waals surface area contributed by atoms with Crippen molar-refractivity contribution in [3.63, 3.8) is 0 Å². The van der Waals surface area contributed by atoms with Crippen molar-refractivity contribution < 1.29 is 19.1 Å². The SMILES string of the molecule is C[C@@]12CCC[C@@](C)(C=O)[C@H]1CC[C@@]1(C)O[C@H](C3=CCOC3=O)C[C@@H]21. The van der Waals surface area contributed by atoms with E-state index in [1.54, 1.807) is 0 Å². The van der Waals surface area contributed by atoms with E-state index in [1.807, 2.05) is 6.08 Å². The first kappa shape index (κ1) is 16.3. The zero-order chi connectivity index (χ0) is 17.2. The summed E-state index contributed by atoms with van der Waals surface area (Å²) in [5.41, 5.74) is 0.414. The van der Waals surface area contributed by atoms with Gasteiger partial charge in [0.2, 0.25) is 0 Å². The molecule has 2 heterocycles. The molecule has 0 aromatic rings. The summed E-state index contributed by atoms with van der Waals surface area (Å²) >= 11 is 0. The fourth-order valence-electron chi connectivity index (χ4n) is 6.55. The highest BCUT2D eigenvalue weighted by atomic mass is 16.5. The van der Waals surface area contributed by atoms with Crippen molar-refractivity contribution >= 4 is 12.3 Å². The Morgan fingerprint density at radius 3 is 2.62 bits per heavy atom. The third kappa shape index (κ3) is 2.08. The second-order valence-corrected chi connectivity index (χ2v) is 9.04. The Kier molecular flexibility index (Phi) is 3.51. The molecule has 3 fully saturated rings. The summed E-state index contributed by atoms with van der Waals surface area (Å²) in [7, 11) is 0. The van der Waals surface area contributed by atoms with E-state index in [-0.39, 0.29) is 28.5 Å². The number of hydrogen-bond acceptors (Lipinski definition) is 4. The number of fused-ring (bicyclic) bond motifs is 3. The van der Waals surface area contributed by atoms with Crippen molar-refractivity contribution in [2.75, 3.05) is 6.61 Å². The summed E-state index contributed by atoms with van der Waals surface area (Å²) < 4.78 is 11.6. The van der Waals surface area contributed by atoms with Crippen LogP contribution >= 0.6 is 0 Å². The average Bonchev–Trinajstić information content (AvgIpc) is 3.11. The first-order valence-corrected chi connectivity index (χ1v) is 9.34. The van der Waals surface area contributed by atoms with E-state index in [9.17, 15) is 9.59 Å². The van der Waals surface area contributed by atoms with E-state index in [0.29, 0.717) is 24.0 Å². The van der Waals surface area contributed by atoms with Gasteiger partial charge >= 0.3 is 5.97 Å². The molecule has 0 radical (unpaired) electrons. The highest BCUT2D eigenvalue weighted by molar-refractivity contribution is 5.91. The molecule has 1 saturated heterocycles. The Balaban J connectivity index is 1.67. The van der Waals surface area contributed by atoms with Crippen LogP contribution in [0.5, 0.6) is 0 Å². The van der Waals surface area contributed by atoms with Gasteiger partial charge in [-0.05, 0) is 62.4 Å². The molecule has 0 amide bonds. The molecule has 0 N–H and O–H groups in total. The van der Waals surface area contributed by atoms with Crippen molar-refractivity contribution in [1.82, 2.24) is 0 Å². The van der Waals surface area contributed by atoms with Crippen molar-refractivity contribution in [2.45, 2.75) is 71.0 Å². The third-order valence-electron chi connectivity index (χ3n) is 7.72. The minimum atomic E-state index is -0.217. The summed E-state index contributed by atoms with van der Waals surface area (Å²) in [6.07, 6.45) is 9.09. The maximum absolute atomic E-state index is 12.0. The molecule has 2 saturated carbocycles. The number of esters is 1. The molecule has 0 aromatic carbocycles. The molecule has 0 unspecified atom stereocenters. The van der Waals surface area contributed by atoms with Gasteiger partial charge in [-0.3, -0.25) is 0 Å². The lowest BCUT2D eigenvalue weighted by Gasteiger charge is -2.59. The van der Waals surface area contributed by atoms with Gasteiger partial charge in [0.05, 0.1) is 17.3 Å². The summed E-state index contributed by atoms with van der Waals surface area (Å²) in [4.78, 5) is 23.8. The lowest BCUT2D eigenvalue weighted by molar-refractivity contribution is -0.161. The zero-order valence-corrected chi connectivity index (χ0v) is 15.0. The van der Waals surface area contributed by atoms with E-state index < -0.39 is 0 Å². The smallest absolute Gasteiger partial charge is 0.336 e. The van der Waals surface area contributed by atoms with Crippen LogP contribution in [0.3, 0.4) is 0 Å². The van der Waals surface area contributed by atoms with Crippen LogP contribution in [0.1, 0.15) is 59.3 Å². The van der Waals surface area contributed by atoms with E-state index >= 15 is 0 Å². The van der Waals surface area contributed by atoms with Gasteiger partial charge in [0, 0.05) is 5.41 Å². The third-order valence-corrected chi connectivity index (χ3v) is 7.72. The maximum atomic E-state index is 12.0. The first-order valence-electron chi connectivity index (χ1n) is 9.34. The number of hydrogen-bond donors (Lipinski definition) is 0. The van der Waals surface area contributed by atoms with Gasteiger partial charge in [0.25, 0.3) is 0 Å². The normalized spacial score (nSPS) is 50.7. The van der Waals surface area contributed by atoms with Crippen LogP contribution in [-0.2, 0) is 19.1 Å². The number of aldehydes is 1. The zero-order valence-electron chi connectivity index (χ0n) is 15.0. The lowest BCUT2D eigenvalue weighted by Crippen LogP contribution is -2.56. The van der Waals surface area contributed by atoms with Crippen molar-refractivity contribution in [2.24, 2.45) is 22.7 Å². The number of cyclic esters (lactones) is 1. The van der Waals surface area contributed by atoms with Crippen LogP contribution < -0.4 is 0 Å². The molecule has 4 aliphatic rings. The van der Waals surface area contributed by atoms with E-state index in [1.165, 1.54) is 6.29 Å². The van der Waals surface area contributed by atoms with Crippen LogP contribution in [0.4, 0.5) is 0 Å². The predicted octanol–water partition coefficient (Wildman–Crippen LogP) is 3.44. The van der Waals surface area contributed by atoms with Crippen molar-refractivity contribution in [3.05, 3.63) is 11.6 Å². The lowest BCUT2D eigenvalue weighted by atomic mass is 9.45. The number of ether oxygens (including phenoxy) is 2. The highest BCUT2D eigenvalue weighted by Crippen LogP contribution is 2.65. The molecule has 4 nitrogen and oxygen atoms in total. The van der Waals surface area contributed by atoms with Gasteiger partial charge in [-0.1, -0.05) is 20.3 Å². The van der Waals surface area contributed by atoms with Gasteiger partial charge in [-0.25, -0.2) is 4.79 Å². The molecule has 6 atom stereocenters. The number of rotatable bonds is 2. The second kappa shape index (κ2) is 5.17. The van der Waals surface area contributed by atoms with Gasteiger partial charge < -0.3 is 14.3 Å². The summed E-state index contributed by atoms with van der Waals surface area (Å²) in [6.45, 7) is 7.11. The summed E-state index contributed by atoms with van der Waals surface area (Å²) in [5.74, 6) is 0.592. The standard InChI is InChI=1S/C20H28O4/c1-18(12-21)7-4-8-19(2)15(18)5-9-20(3)16(19)11-14(24-20)13-6-10-23-17(13)22/h6,12,14-16H,4-5,7-11H2,1-3H3/t14-,15+,16-,18-,19+,20+/m0/s1. The quantitative estimate of drug-likeness (QED) is 0.574. The van der Waals surface area contributed by atoms with Gasteiger partial charge in [-0.15, -0.1) is 0 Å². The van der Waals surface area contributed by atoms with Crippen LogP contribution in [0.2, 0.25) is 0 Å². The topological polar surface area (TPSA) is 52.6 Å². The molecule has 4 heteroatoms. The van der Waals surface area contributed by atoms with E-state index in [2.05, 4.69) is 20.8 Å².